The third-order valence-corrected chi connectivity index (χ3v) is 4.11. The second-order valence-electron chi connectivity index (χ2n) is 5.69. The molecule has 3 rings (SSSR count). The minimum atomic E-state index is -4.45. The fourth-order valence-electron chi connectivity index (χ4n) is 2.94. The van der Waals surface area contributed by atoms with E-state index in [0.717, 1.165) is 19.8 Å². The molecule has 2 aliphatic heterocycles. The number of carbonyl (C=O) groups excluding carboxylic acids is 1. The summed E-state index contributed by atoms with van der Waals surface area (Å²) < 4.78 is 39.4. The lowest BCUT2D eigenvalue weighted by molar-refractivity contribution is -0.147. The maximum atomic E-state index is 13.1. The maximum absolute atomic E-state index is 13.1. The van der Waals surface area contributed by atoms with E-state index in [-0.39, 0.29) is 17.6 Å². The highest BCUT2D eigenvalue weighted by atomic mass is 19.4. The maximum Gasteiger partial charge on any atom is 0.397 e. The summed E-state index contributed by atoms with van der Waals surface area (Å²) in [5.74, 6) is -2.86. The number of nitrogens with one attached hydrogen (secondary N) is 1. The van der Waals surface area contributed by atoms with Crippen LogP contribution >= 0.6 is 0 Å². The summed E-state index contributed by atoms with van der Waals surface area (Å²) in [7, 11) is 0. The van der Waals surface area contributed by atoms with Crippen molar-refractivity contribution in [1.29, 1.82) is 0 Å². The van der Waals surface area contributed by atoms with E-state index in [4.69, 9.17) is 5.73 Å². The summed E-state index contributed by atoms with van der Waals surface area (Å²) in [5.41, 5.74) is 5.30. The molecular weight excluding hydrogens is 299 g/mol. The van der Waals surface area contributed by atoms with Gasteiger partial charge in [-0.25, -0.2) is 9.97 Å². The van der Waals surface area contributed by atoms with Crippen molar-refractivity contribution in [2.45, 2.75) is 37.9 Å². The number of carbonyl (C=O) groups is 1. The third-order valence-electron chi connectivity index (χ3n) is 4.11. The van der Waals surface area contributed by atoms with Crippen LogP contribution in [-0.4, -0.2) is 41.2 Å². The number of hydrogen-bond acceptors (Lipinski definition) is 5. The number of primary amides is 1. The average molecular weight is 315 g/mol. The molecule has 0 radical (unpaired) electrons. The Kier molecular flexibility index (Phi) is 3.37. The van der Waals surface area contributed by atoms with Crippen molar-refractivity contribution < 1.29 is 18.0 Å². The number of halogens is 3. The molecule has 6 nitrogen and oxygen atoms in total. The SMILES string of the molecule is C[C@H](c1nc(C(N)=O)nc2c1N1CCCC(C1)N2)C(F)(F)F. The molecule has 3 heterocycles. The molecule has 1 fully saturated rings. The highest BCUT2D eigenvalue weighted by Gasteiger charge is 2.43. The molecule has 0 saturated carbocycles. The summed E-state index contributed by atoms with van der Waals surface area (Å²) >= 11 is 0. The minimum absolute atomic E-state index is 0.117. The van der Waals surface area contributed by atoms with E-state index in [2.05, 4.69) is 15.3 Å². The van der Waals surface area contributed by atoms with Crippen LogP contribution in [0.4, 0.5) is 24.7 Å². The van der Waals surface area contributed by atoms with Crippen LogP contribution in [-0.2, 0) is 0 Å². The molecule has 9 heteroatoms. The molecule has 1 unspecified atom stereocenters. The minimum Gasteiger partial charge on any atom is -0.365 e. The number of piperidine rings is 1. The van der Waals surface area contributed by atoms with Gasteiger partial charge in [0.25, 0.3) is 5.91 Å². The van der Waals surface area contributed by atoms with Crippen molar-refractivity contribution >= 4 is 17.4 Å². The number of aromatic nitrogens is 2. The summed E-state index contributed by atoms with van der Waals surface area (Å²) in [5, 5.41) is 3.10. The first kappa shape index (κ1) is 14.9. The van der Waals surface area contributed by atoms with Gasteiger partial charge in [-0.3, -0.25) is 4.79 Å². The van der Waals surface area contributed by atoms with Gasteiger partial charge in [0.15, 0.2) is 5.82 Å². The second kappa shape index (κ2) is 4.99. The molecule has 22 heavy (non-hydrogen) atoms. The lowest BCUT2D eigenvalue weighted by Gasteiger charge is -2.42. The van der Waals surface area contributed by atoms with Gasteiger partial charge < -0.3 is 16.0 Å². The first-order chi connectivity index (χ1) is 10.3. The van der Waals surface area contributed by atoms with Crippen LogP contribution in [0.5, 0.6) is 0 Å². The van der Waals surface area contributed by atoms with Gasteiger partial charge in [0, 0.05) is 19.1 Å². The van der Waals surface area contributed by atoms with E-state index in [1.807, 2.05) is 4.90 Å². The number of nitrogens with two attached hydrogens (primary N) is 1. The van der Waals surface area contributed by atoms with Crippen molar-refractivity contribution in [3.8, 4) is 0 Å². The second-order valence-corrected chi connectivity index (χ2v) is 5.69. The van der Waals surface area contributed by atoms with Crippen molar-refractivity contribution in [2.75, 3.05) is 23.3 Å². The van der Waals surface area contributed by atoms with E-state index in [1.165, 1.54) is 0 Å². The van der Waals surface area contributed by atoms with Crippen LogP contribution in [0.1, 0.15) is 42.0 Å². The summed E-state index contributed by atoms with van der Waals surface area (Å²) in [6.07, 6.45) is -2.66. The smallest absolute Gasteiger partial charge is 0.365 e. The standard InChI is InChI=1S/C13H16F3N5O/c1-6(13(14,15)16)8-9-11(20-12(19-8)10(17)22)18-7-3-2-4-21(9)5-7/h6-7H,2-5H2,1H3,(H2,17,22)(H,18,19,20)/t6-,7?/m1/s1. The van der Waals surface area contributed by atoms with Crippen molar-refractivity contribution in [3.05, 3.63) is 11.5 Å². The molecule has 1 aromatic heterocycles. The van der Waals surface area contributed by atoms with Crippen molar-refractivity contribution in [3.63, 3.8) is 0 Å². The first-order valence-electron chi connectivity index (χ1n) is 7.07. The molecule has 2 bridgehead atoms. The van der Waals surface area contributed by atoms with Gasteiger partial charge >= 0.3 is 6.18 Å². The van der Waals surface area contributed by atoms with E-state index in [0.29, 0.717) is 18.8 Å². The van der Waals surface area contributed by atoms with E-state index >= 15 is 0 Å². The Bertz CT molecular complexity index is 618. The monoisotopic (exact) mass is 315 g/mol. The third kappa shape index (κ3) is 2.44. The molecule has 2 atom stereocenters. The Morgan fingerprint density at radius 2 is 2.18 bits per heavy atom. The van der Waals surface area contributed by atoms with E-state index < -0.39 is 23.8 Å². The Hall–Kier alpha value is -2.06. The molecular formula is C13H16F3N5O. The molecule has 2 aliphatic rings. The van der Waals surface area contributed by atoms with E-state index in [9.17, 15) is 18.0 Å². The molecule has 1 saturated heterocycles. The number of hydrogen-bond donors (Lipinski definition) is 2. The zero-order valence-corrected chi connectivity index (χ0v) is 11.9. The van der Waals surface area contributed by atoms with Gasteiger partial charge in [0.2, 0.25) is 5.82 Å². The predicted molar refractivity (Wildman–Crippen MR) is 73.9 cm³/mol. The Balaban J connectivity index is 2.17. The number of rotatable bonds is 2. The van der Waals surface area contributed by atoms with Crippen LogP contribution in [0.25, 0.3) is 0 Å². The molecule has 120 valence electrons. The fraction of sp³-hybridized carbons (Fsp3) is 0.615. The number of anilines is 2. The Labute approximate surface area is 124 Å². The molecule has 0 spiro atoms. The van der Waals surface area contributed by atoms with E-state index in [1.54, 1.807) is 0 Å². The largest absolute Gasteiger partial charge is 0.397 e. The van der Waals surface area contributed by atoms with Gasteiger partial charge in [-0.15, -0.1) is 0 Å². The average Bonchev–Trinajstić information content (AvgIpc) is 2.44. The van der Waals surface area contributed by atoms with Crippen LogP contribution in [0.3, 0.4) is 0 Å². The van der Waals surface area contributed by atoms with Gasteiger partial charge in [0.05, 0.1) is 11.6 Å². The lowest BCUT2D eigenvalue weighted by Crippen LogP contribution is -2.47. The predicted octanol–water partition coefficient (Wildman–Crippen LogP) is 1.64. The quantitative estimate of drug-likeness (QED) is 0.866. The van der Waals surface area contributed by atoms with Crippen LogP contribution < -0.4 is 16.0 Å². The lowest BCUT2D eigenvalue weighted by atomic mass is 9.97. The summed E-state index contributed by atoms with van der Waals surface area (Å²) in [4.78, 5) is 21.0. The highest BCUT2D eigenvalue weighted by molar-refractivity contribution is 5.90. The summed E-state index contributed by atoms with van der Waals surface area (Å²) in [6.45, 7) is 2.30. The molecule has 3 N–H and O–H groups in total. The zero-order chi connectivity index (χ0) is 16.1. The number of fused-ring (bicyclic) bond motifs is 4. The first-order valence-corrected chi connectivity index (χ1v) is 7.07. The van der Waals surface area contributed by atoms with Gasteiger partial charge in [-0.2, -0.15) is 13.2 Å². The van der Waals surface area contributed by atoms with Crippen LogP contribution in [0.2, 0.25) is 0 Å². The van der Waals surface area contributed by atoms with Crippen LogP contribution in [0.15, 0.2) is 0 Å². The molecule has 0 aromatic carbocycles. The molecule has 0 aliphatic carbocycles. The van der Waals surface area contributed by atoms with Gasteiger partial charge in [-0.1, -0.05) is 0 Å². The highest BCUT2D eigenvalue weighted by Crippen LogP contribution is 2.43. The fourth-order valence-corrected chi connectivity index (χ4v) is 2.94. The molecule has 1 amide bonds. The Morgan fingerprint density at radius 1 is 1.45 bits per heavy atom. The Morgan fingerprint density at radius 3 is 2.82 bits per heavy atom. The van der Waals surface area contributed by atoms with Gasteiger partial charge in [0.1, 0.15) is 5.69 Å². The zero-order valence-electron chi connectivity index (χ0n) is 11.9. The summed E-state index contributed by atoms with van der Waals surface area (Å²) in [6, 6.07) is 0.117. The van der Waals surface area contributed by atoms with Crippen molar-refractivity contribution in [1.82, 2.24) is 9.97 Å². The number of nitrogens with zero attached hydrogens (tertiary/aromatic N) is 3. The normalized spacial score (nSPS) is 21.8. The number of amides is 1. The molecule has 1 aromatic rings. The van der Waals surface area contributed by atoms with Crippen molar-refractivity contribution in [2.24, 2.45) is 5.73 Å². The van der Waals surface area contributed by atoms with Crippen LogP contribution in [0, 0.1) is 0 Å². The van der Waals surface area contributed by atoms with Gasteiger partial charge in [-0.05, 0) is 19.8 Å². The topological polar surface area (TPSA) is 84.1 Å². The number of alkyl halides is 3.